The fourth-order valence-electron chi connectivity index (χ4n) is 0.468. The molecule has 0 N–H and O–H groups in total. The number of carbonyl (C=O) groups excluding carboxylic acids is 1. The number of nitro groups is 1. The summed E-state index contributed by atoms with van der Waals surface area (Å²) in [5.41, 5.74) is -1.18. The highest BCUT2D eigenvalue weighted by Gasteiger charge is 2.30. The quantitative estimate of drug-likeness (QED) is 0.461. The second-order valence-electron chi connectivity index (χ2n) is 3.09. The summed E-state index contributed by atoms with van der Waals surface area (Å²) in [5.74, 6) is -0.329. The molecule has 1 unspecified atom stereocenters. The minimum Gasteiger partial charge on any atom is -0.300 e. The van der Waals surface area contributed by atoms with Crippen LogP contribution < -0.4 is 0 Å². The third kappa shape index (κ3) is 3.70. The van der Waals surface area contributed by atoms with Crippen molar-refractivity contribution in [2.75, 3.05) is 0 Å². The number of hydrogen-bond acceptors (Lipinski definition) is 3. The molecule has 0 aromatic heterocycles. The molecule has 0 heterocycles. The Morgan fingerprint density at radius 3 is 2.45 bits per heavy atom. The molecule has 0 saturated carbocycles. The first kappa shape index (κ1) is 8.17. The maximum absolute atomic E-state index is 10.6. The van der Waals surface area contributed by atoms with Gasteiger partial charge in [-0.15, -0.1) is 0 Å². The average molecular weight is 160 g/mol. The van der Waals surface area contributed by atoms with Crippen molar-refractivity contribution in [3.63, 3.8) is 0 Å². The normalized spacial score (nSPS) is 15.4. The Balaban J connectivity index is 4.24. The molecule has 0 amide bonds. The Morgan fingerprint density at radius 1 is 1.73 bits per heavy atom. The molecule has 0 aromatic carbocycles. The molecular weight excluding hydrogens is 146 g/mol. The van der Waals surface area contributed by atoms with E-state index in [2.05, 4.69) is 0 Å². The highest BCUT2D eigenvalue weighted by molar-refractivity contribution is 5.75. The van der Waals surface area contributed by atoms with Crippen molar-refractivity contribution >= 4 is 5.78 Å². The van der Waals surface area contributed by atoms with Crippen molar-refractivity contribution in [1.82, 2.24) is 0 Å². The fraction of sp³-hybridized carbons (Fsp3) is 0.857. The molecule has 0 radical (unpaired) electrons. The first-order chi connectivity index (χ1) is 5.27. The molecule has 64 valence electrons. The van der Waals surface area contributed by atoms with E-state index in [1.165, 1.54) is 20.8 Å². The van der Waals surface area contributed by atoms with E-state index in [-0.39, 0.29) is 12.2 Å². The maximum atomic E-state index is 10.6. The Bertz CT molecular complexity index is 203. The molecule has 4 nitrogen and oxygen atoms in total. The molecule has 0 saturated heterocycles. The Hall–Kier alpha value is -0.930. The SMILES string of the molecule is [2H]C(CC(C)(C)[N+](=O)[O-])C(C)=O. The molecule has 4 heteroatoms. The zero-order valence-corrected chi connectivity index (χ0v) is 6.96. The number of nitrogens with zero attached hydrogens (tertiary/aromatic N) is 1. The topological polar surface area (TPSA) is 60.2 Å². The third-order valence-corrected chi connectivity index (χ3v) is 1.38. The van der Waals surface area contributed by atoms with Crippen LogP contribution >= 0.6 is 0 Å². The highest BCUT2D eigenvalue weighted by Crippen LogP contribution is 2.15. The van der Waals surface area contributed by atoms with Crippen molar-refractivity contribution < 1.29 is 11.1 Å². The van der Waals surface area contributed by atoms with Crippen molar-refractivity contribution in [3.8, 4) is 0 Å². The summed E-state index contributed by atoms with van der Waals surface area (Å²) in [6.45, 7) is 4.10. The molecule has 0 fully saturated rings. The van der Waals surface area contributed by atoms with Crippen LogP contribution in [0.2, 0.25) is 0 Å². The van der Waals surface area contributed by atoms with Crippen LogP contribution in [0.5, 0.6) is 0 Å². The number of hydrogen-bond donors (Lipinski definition) is 0. The lowest BCUT2D eigenvalue weighted by Crippen LogP contribution is -2.31. The van der Waals surface area contributed by atoms with Gasteiger partial charge in [-0.25, -0.2) is 0 Å². The summed E-state index contributed by atoms with van der Waals surface area (Å²) in [6, 6.07) is 0. The van der Waals surface area contributed by atoms with E-state index in [0.717, 1.165) is 0 Å². The molecule has 0 bridgehead atoms. The van der Waals surface area contributed by atoms with Gasteiger partial charge in [0.25, 0.3) is 0 Å². The first-order valence-corrected chi connectivity index (χ1v) is 3.34. The first-order valence-electron chi connectivity index (χ1n) is 3.92. The smallest absolute Gasteiger partial charge is 0.217 e. The van der Waals surface area contributed by atoms with Gasteiger partial charge >= 0.3 is 0 Å². The van der Waals surface area contributed by atoms with Gasteiger partial charge in [-0.2, -0.15) is 0 Å². The zero-order valence-electron chi connectivity index (χ0n) is 7.96. The second kappa shape index (κ2) is 3.46. The van der Waals surface area contributed by atoms with Gasteiger partial charge in [-0.1, -0.05) is 0 Å². The van der Waals surface area contributed by atoms with E-state index in [4.69, 9.17) is 1.37 Å². The van der Waals surface area contributed by atoms with Gasteiger partial charge in [-0.05, 0) is 6.92 Å². The lowest BCUT2D eigenvalue weighted by atomic mass is 9.98. The number of Topliss-reactive ketones (excluding diaryl/α,β-unsaturated/α-hetero) is 1. The van der Waals surface area contributed by atoms with Crippen LogP contribution in [0.15, 0.2) is 0 Å². The largest absolute Gasteiger partial charge is 0.300 e. The molecule has 0 aliphatic rings. The molecule has 0 aliphatic carbocycles. The molecule has 0 rings (SSSR count). The van der Waals surface area contributed by atoms with Crippen LogP contribution in [0.3, 0.4) is 0 Å². The third-order valence-electron chi connectivity index (χ3n) is 1.38. The van der Waals surface area contributed by atoms with Crippen molar-refractivity contribution in [3.05, 3.63) is 10.1 Å². The van der Waals surface area contributed by atoms with E-state index in [9.17, 15) is 14.9 Å². The summed E-state index contributed by atoms with van der Waals surface area (Å²) >= 11 is 0. The Kier molecular flexibility index (Phi) is 2.57. The Morgan fingerprint density at radius 2 is 2.18 bits per heavy atom. The van der Waals surface area contributed by atoms with Crippen LogP contribution in [-0.4, -0.2) is 16.2 Å². The van der Waals surface area contributed by atoms with E-state index in [1.54, 1.807) is 0 Å². The van der Waals surface area contributed by atoms with Crippen molar-refractivity contribution in [1.29, 1.82) is 0 Å². The van der Waals surface area contributed by atoms with Gasteiger partial charge in [-0.3, -0.25) is 10.1 Å². The minimum atomic E-state index is -1.18. The fourth-order valence-corrected chi connectivity index (χ4v) is 0.468. The van der Waals surface area contributed by atoms with Crippen LogP contribution in [0.1, 0.15) is 35.0 Å². The van der Waals surface area contributed by atoms with Crippen LogP contribution in [0, 0.1) is 10.1 Å². The molecule has 11 heavy (non-hydrogen) atoms. The standard InChI is InChI=1S/C7H13NO3/c1-6(9)4-5-7(2,3)8(10)11/h4-5H2,1-3H3/i4D. The van der Waals surface area contributed by atoms with Crippen LogP contribution in [0.25, 0.3) is 0 Å². The van der Waals surface area contributed by atoms with Gasteiger partial charge in [0.1, 0.15) is 5.78 Å². The monoisotopic (exact) mass is 160 g/mol. The minimum absolute atomic E-state index is 0.0324. The molecule has 0 aliphatic heterocycles. The van der Waals surface area contributed by atoms with E-state index < -0.39 is 16.9 Å². The van der Waals surface area contributed by atoms with Crippen LogP contribution in [-0.2, 0) is 4.79 Å². The van der Waals surface area contributed by atoms with Gasteiger partial charge in [0.05, 0.1) is 0 Å². The highest BCUT2D eigenvalue weighted by atomic mass is 16.6. The molecule has 1 atom stereocenters. The molecular formula is C7H13NO3. The zero-order chi connectivity index (χ0) is 9.94. The predicted octanol–water partition coefficient (Wildman–Crippen LogP) is 1.41. The lowest BCUT2D eigenvalue weighted by Gasteiger charge is -2.13. The predicted molar refractivity (Wildman–Crippen MR) is 41.0 cm³/mol. The van der Waals surface area contributed by atoms with Gasteiger partial charge in [0.15, 0.2) is 0 Å². The molecule has 0 spiro atoms. The van der Waals surface area contributed by atoms with Crippen molar-refractivity contribution in [2.45, 2.75) is 39.1 Å². The van der Waals surface area contributed by atoms with E-state index in [1.807, 2.05) is 0 Å². The summed E-state index contributed by atoms with van der Waals surface area (Å²) in [4.78, 5) is 20.6. The summed E-state index contributed by atoms with van der Waals surface area (Å²) in [6.07, 6.45) is -1.01. The Labute approximate surface area is 67.1 Å². The van der Waals surface area contributed by atoms with Crippen molar-refractivity contribution in [2.24, 2.45) is 0 Å². The average Bonchev–Trinajstić information content (AvgIpc) is 1.85. The number of rotatable bonds is 4. The number of ketones is 1. The molecule has 0 aromatic rings. The van der Waals surface area contributed by atoms with E-state index >= 15 is 0 Å². The van der Waals surface area contributed by atoms with Crippen LogP contribution in [0.4, 0.5) is 0 Å². The summed E-state index contributed by atoms with van der Waals surface area (Å²) in [5, 5.41) is 10.4. The second-order valence-corrected chi connectivity index (χ2v) is 3.09. The summed E-state index contributed by atoms with van der Waals surface area (Å²) in [7, 11) is 0. The van der Waals surface area contributed by atoms with Gasteiger partial charge in [0, 0.05) is 33.0 Å². The lowest BCUT2D eigenvalue weighted by molar-refractivity contribution is -0.561. The van der Waals surface area contributed by atoms with Gasteiger partial charge in [0.2, 0.25) is 5.54 Å². The summed E-state index contributed by atoms with van der Waals surface area (Å²) < 4.78 is 7.22. The maximum Gasteiger partial charge on any atom is 0.217 e. The van der Waals surface area contributed by atoms with E-state index in [0.29, 0.717) is 0 Å². The van der Waals surface area contributed by atoms with Gasteiger partial charge < -0.3 is 4.79 Å². The number of carbonyl (C=O) groups is 1.